The molecule has 0 aliphatic carbocycles. The van der Waals surface area contributed by atoms with Crippen molar-refractivity contribution in [2.24, 2.45) is 0 Å². The molecule has 2 aromatic rings. The Labute approximate surface area is 127 Å². The Morgan fingerprint density at radius 3 is 2.86 bits per heavy atom. The Kier molecular flexibility index (Phi) is 3.92. The maximum absolute atomic E-state index is 12.5. The number of carbonyl (C=O) groups excluding carboxylic acids is 1. The fourth-order valence-corrected chi connectivity index (χ4v) is 2.77. The van der Waals surface area contributed by atoms with E-state index in [1.807, 2.05) is 17.0 Å². The van der Waals surface area contributed by atoms with Crippen LogP contribution in [0.3, 0.4) is 0 Å². The van der Waals surface area contributed by atoms with Crippen LogP contribution in [0, 0.1) is 6.92 Å². The van der Waals surface area contributed by atoms with E-state index in [1.165, 1.54) is 0 Å². The van der Waals surface area contributed by atoms with Crippen LogP contribution in [-0.4, -0.2) is 27.5 Å². The van der Waals surface area contributed by atoms with Crippen LogP contribution >= 0.6 is 11.6 Å². The van der Waals surface area contributed by atoms with Gasteiger partial charge in [-0.2, -0.15) is 4.98 Å². The first-order chi connectivity index (χ1) is 10.1. The van der Waals surface area contributed by atoms with E-state index in [1.54, 1.807) is 19.1 Å². The molecule has 1 aliphatic heterocycles. The lowest BCUT2D eigenvalue weighted by molar-refractivity contribution is -0.131. The summed E-state index contributed by atoms with van der Waals surface area (Å²) in [5, 5.41) is 4.48. The first-order valence-corrected chi connectivity index (χ1v) is 7.35. The molecule has 1 atom stereocenters. The van der Waals surface area contributed by atoms with E-state index in [0.29, 0.717) is 23.2 Å². The monoisotopic (exact) mass is 305 g/mol. The Morgan fingerprint density at radius 2 is 2.19 bits per heavy atom. The lowest BCUT2D eigenvalue weighted by Crippen LogP contribution is -2.32. The molecule has 3 rings (SSSR count). The van der Waals surface area contributed by atoms with Crippen LogP contribution in [0.1, 0.15) is 36.2 Å². The van der Waals surface area contributed by atoms with Crippen molar-refractivity contribution in [3.8, 4) is 0 Å². The zero-order chi connectivity index (χ0) is 14.8. The van der Waals surface area contributed by atoms with Gasteiger partial charge in [-0.15, -0.1) is 0 Å². The number of carbonyl (C=O) groups is 1. The normalized spacial score (nSPS) is 18.2. The number of likely N-dealkylation sites (tertiary alicyclic amines) is 1. The van der Waals surface area contributed by atoms with E-state index in [9.17, 15) is 4.79 Å². The fraction of sp³-hybridized carbons (Fsp3) is 0.400. The average molecular weight is 306 g/mol. The molecule has 5 nitrogen and oxygen atoms in total. The number of aromatic nitrogens is 2. The number of amides is 1. The fourth-order valence-electron chi connectivity index (χ4n) is 2.65. The molecule has 0 radical (unpaired) electrons. The largest absolute Gasteiger partial charge is 0.337 e. The molecular formula is C15H16ClN3O2. The summed E-state index contributed by atoms with van der Waals surface area (Å²) in [7, 11) is 0. The van der Waals surface area contributed by atoms with Crippen LogP contribution in [0.4, 0.5) is 0 Å². The summed E-state index contributed by atoms with van der Waals surface area (Å²) in [5.74, 6) is 1.21. The first-order valence-electron chi connectivity index (χ1n) is 6.97. The number of benzene rings is 1. The summed E-state index contributed by atoms with van der Waals surface area (Å²) in [6, 6.07) is 7.26. The minimum Gasteiger partial charge on any atom is -0.337 e. The number of hydrogen-bond acceptors (Lipinski definition) is 4. The number of aryl methyl sites for hydroxylation is 1. The quantitative estimate of drug-likeness (QED) is 0.875. The molecule has 1 saturated heterocycles. The maximum Gasteiger partial charge on any atom is 0.249 e. The summed E-state index contributed by atoms with van der Waals surface area (Å²) in [6.45, 7) is 2.51. The van der Waals surface area contributed by atoms with Gasteiger partial charge in [-0.25, -0.2) is 0 Å². The Morgan fingerprint density at radius 1 is 1.43 bits per heavy atom. The van der Waals surface area contributed by atoms with Gasteiger partial charge >= 0.3 is 0 Å². The summed E-state index contributed by atoms with van der Waals surface area (Å²) in [5.41, 5.74) is 0.955. The number of rotatable bonds is 3. The zero-order valence-electron chi connectivity index (χ0n) is 11.8. The van der Waals surface area contributed by atoms with Gasteiger partial charge in [-0.3, -0.25) is 4.79 Å². The molecule has 1 aliphatic rings. The summed E-state index contributed by atoms with van der Waals surface area (Å²) < 4.78 is 5.22. The molecule has 2 heterocycles. The Bertz CT molecular complexity index is 639. The molecule has 6 heteroatoms. The molecule has 110 valence electrons. The van der Waals surface area contributed by atoms with E-state index >= 15 is 0 Å². The highest BCUT2D eigenvalue weighted by atomic mass is 35.5. The van der Waals surface area contributed by atoms with Crippen LogP contribution < -0.4 is 0 Å². The van der Waals surface area contributed by atoms with E-state index in [4.69, 9.17) is 16.1 Å². The van der Waals surface area contributed by atoms with Crippen molar-refractivity contribution in [1.82, 2.24) is 15.0 Å². The van der Waals surface area contributed by atoms with Gasteiger partial charge in [0.2, 0.25) is 11.8 Å². The highest BCUT2D eigenvalue weighted by Gasteiger charge is 2.33. The van der Waals surface area contributed by atoms with E-state index in [2.05, 4.69) is 10.1 Å². The second-order valence-electron chi connectivity index (χ2n) is 5.23. The van der Waals surface area contributed by atoms with Crippen molar-refractivity contribution >= 4 is 17.5 Å². The number of halogens is 1. The van der Waals surface area contributed by atoms with Crippen molar-refractivity contribution < 1.29 is 9.32 Å². The molecule has 21 heavy (non-hydrogen) atoms. The van der Waals surface area contributed by atoms with Gasteiger partial charge in [0.1, 0.15) is 6.04 Å². The maximum atomic E-state index is 12.5. The number of nitrogens with zero attached hydrogens (tertiary/aromatic N) is 3. The molecule has 1 aromatic heterocycles. The molecule has 1 amide bonds. The average Bonchev–Trinajstić information content (AvgIpc) is 3.09. The van der Waals surface area contributed by atoms with Gasteiger partial charge in [0.25, 0.3) is 0 Å². The SMILES string of the molecule is Cc1noc(C2CCCN2C(=O)Cc2ccc(Cl)cc2)n1. The Balaban J connectivity index is 1.72. The van der Waals surface area contributed by atoms with Crippen LogP contribution in [0.2, 0.25) is 5.02 Å². The molecule has 1 aromatic carbocycles. The van der Waals surface area contributed by atoms with Crippen LogP contribution in [-0.2, 0) is 11.2 Å². The Hall–Kier alpha value is -1.88. The highest BCUT2D eigenvalue weighted by Crippen LogP contribution is 2.31. The van der Waals surface area contributed by atoms with Crippen molar-refractivity contribution in [2.75, 3.05) is 6.54 Å². The van der Waals surface area contributed by atoms with Gasteiger partial charge in [0, 0.05) is 11.6 Å². The van der Waals surface area contributed by atoms with E-state index < -0.39 is 0 Å². The van der Waals surface area contributed by atoms with Gasteiger partial charge in [-0.05, 0) is 37.5 Å². The standard InChI is InChI=1S/C15H16ClN3O2/c1-10-17-15(21-18-10)13-3-2-8-19(13)14(20)9-11-4-6-12(16)7-5-11/h4-7,13H,2-3,8-9H2,1H3. The summed E-state index contributed by atoms with van der Waals surface area (Å²) in [4.78, 5) is 18.6. The molecule has 0 bridgehead atoms. The second kappa shape index (κ2) is 5.85. The zero-order valence-corrected chi connectivity index (χ0v) is 12.5. The second-order valence-corrected chi connectivity index (χ2v) is 5.66. The molecule has 0 spiro atoms. The third-order valence-electron chi connectivity index (χ3n) is 3.67. The predicted octanol–water partition coefficient (Wildman–Crippen LogP) is 2.94. The van der Waals surface area contributed by atoms with Crippen LogP contribution in [0.15, 0.2) is 28.8 Å². The summed E-state index contributed by atoms with van der Waals surface area (Å²) in [6.07, 6.45) is 2.19. The lowest BCUT2D eigenvalue weighted by Gasteiger charge is -2.21. The molecule has 0 saturated carbocycles. The van der Waals surface area contributed by atoms with Crippen molar-refractivity contribution in [1.29, 1.82) is 0 Å². The van der Waals surface area contributed by atoms with E-state index in [-0.39, 0.29) is 11.9 Å². The van der Waals surface area contributed by atoms with Crippen molar-refractivity contribution in [3.05, 3.63) is 46.6 Å². The third-order valence-corrected chi connectivity index (χ3v) is 3.92. The topological polar surface area (TPSA) is 59.2 Å². The highest BCUT2D eigenvalue weighted by molar-refractivity contribution is 6.30. The minimum atomic E-state index is -0.0917. The van der Waals surface area contributed by atoms with Crippen molar-refractivity contribution in [2.45, 2.75) is 32.2 Å². The number of hydrogen-bond donors (Lipinski definition) is 0. The van der Waals surface area contributed by atoms with Crippen molar-refractivity contribution in [3.63, 3.8) is 0 Å². The summed E-state index contributed by atoms with van der Waals surface area (Å²) >= 11 is 5.86. The van der Waals surface area contributed by atoms with E-state index in [0.717, 1.165) is 24.9 Å². The van der Waals surface area contributed by atoms with Crippen LogP contribution in [0.5, 0.6) is 0 Å². The van der Waals surface area contributed by atoms with Gasteiger partial charge < -0.3 is 9.42 Å². The van der Waals surface area contributed by atoms with Gasteiger partial charge in [0.05, 0.1) is 6.42 Å². The smallest absolute Gasteiger partial charge is 0.249 e. The van der Waals surface area contributed by atoms with Crippen LogP contribution in [0.25, 0.3) is 0 Å². The van der Waals surface area contributed by atoms with Gasteiger partial charge in [-0.1, -0.05) is 28.9 Å². The molecule has 0 N–H and O–H groups in total. The molecule has 1 fully saturated rings. The molecular weight excluding hydrogens is 290 g/mol. The minimum absolute atomic E-state index is 0.0793. The molecule has 1 unspecified atom stereocenters. The lowest BCUT2D eigenvalue weighted by atomic mass is 10.1. The third kappa shape index (κ3) is 3.08. The van der Waals surface area contributed by atoms with Gasteiger partial charge in [0.15, 0.2) is 5.82 Å². The first kappa shape index (κ1) is 14.1. The predicted molar refractivity (Wildman–Crippen MR) is 77.9 cm³/mol.